The van der Waals surface area contributed by atoms with Crippen LogP contribution in [0.2, 0.25) is 0 Å². The number of amides is 1. The molecule has 0 bridgehead atoms. The topological polar surface area (TPSA) is 78.5 Å². The van der Waals surface area contributed by atoms with Crippen LogP contribution in [0.25, 0.3) is 0 Å². The average molecular weight is 398 g/mol. The lowest BCUT2D eigenvalue weighted by atomic mass is 10.0. The van der Waals surface area contributed by atoms with Gasteiger partial charge >= 0.3 is 0 Å². The van der Waals surface area contributed by atoms with E-state index in [-0.39, 0.29) is 23.2 Å². The Bertz CT molecular complexity index is 640. The average Bonchev–Trinajstić information content (AvgIpc) is 2.96. The van der Waals surface area contributed by atoms with Crippen molar-refractivity contribution < 1.29 is 13.2 Å². The quantitative estimate of drug-likeness (QED) is 0.770. The maximum atomic E-state index is 12.7. The van der Waals surface area contributed by atoms with Crippen molar-refractivity contribution in [2.24, 2.45) is 5.92 Å². The van der Waals surface area contributed by atoms with E-state index in [9.17, 15) is 13.2 Å². The lowest BCUT2D eigenvalue weighted by Crippen LogP contribution is -2.48. The van der Waals surface area contributed by atoms with Crippen molar-refractivity contribution in [2.45, 2.75) is 4.90 Å². The van der Waals surface area contributed by atoms with E-state index in [4.69, 9.17) is 0 Å². The second kappa shape index (κ2) is 8.17. The van der Waals surface area contributed by atoms with E-state index in [1.165, 1.54) is 15.6 Å². The van der Waals surface area contributed by atoms with Gasteiger partial charge in [-0.2, -0.15) is 16.1 Å². The third kappa shape index (κ3) is 4.21. The van der Waals surface area contributed by atoms with E-state index in [0.717, 1.165) is 24.6 Å². The van der Waals surface area contributed by atoms with Gasteiger partial charge < -0.3 is 10.6 Å². The highest BCUT2D eigenvalue weighted by molar-refractivity contribution is 7.99. The minimum absolute atomic E-state index is 0. The number of halogens is 1. The standard InChI is InChI=1S/C13H19N3O3S3.ClH/c17-13(15-9-10-7-14-8-10)12-11(1-4-21-12)22(18,19)16-2-5-20-6-3-16;/h1,4,10,14H,2-3,5-9H2,(H,15,17);1H. The number of hydrogen-bond donors (Lipinski definition) is 2. The zero-order valence-electron chi connectivity index (χ0n) is 12.5. The van der Waals surface area contributed by atoms with Crippen molar-refractivity contribution in [1.29, 1.82) is 0 Å². The smallest absolute Gasteiger partial charge is 0.262 e. The lowest BCUT2D eigenvalue weighted by molar-refractivity contribution is 0.0943. The van der Waals surface area contributed by atoms with Crippen molar-refractivity contribution >= 4 is 51.4 Å². The zero-order chi connectivity index (χ0) is 15.6. The van der Waals surface area contributed by atoms with Crippen LogP contribution < -0.4 is 10.6 Å². The van der Waals surface area contributed by atoms with Gasteiger partial charge in [-0.3, -0.25) is 4.79 Å². The summed E-state index contributed by atoms with van der Waals surface area (Å²) < 4.78 is 26.9. The van der Waals surface area contributed by atoms with Gasteiger partial charge in [-0.05, 0) is 11.4 Å². The SMILES string of the molecule is Cl.O=C(NCC1CNC1)c1sccc1S(=O)(=O)N1CCSCC1. The molecule has 1 amide bonds. The molecule has 1 aromatic rings. The van der Waals surface area contributed by atoms with Gasteiger partial charge in [0.2, 0.25) is 10.0 Å². The van der Waals surface area contributed by atoms with Crippen LogP contribution in [0.3, 0.4) is 0 Å². The molecule has 0 aromatic carbocycles. The van der Waals surface area contributed by atoms with Gasteiger partial charge in [-0.1, -0.05) is 0 Å². The van der Waals surface area contributed by atoms with E-state index in [1.54, 1.807) is 23.2 Å². The summed E-state index contributed by atoms with van der Waals surface area (Å²) in [5.41, 5.74) is 0. The Hall–Kier alpha value is -0.320. The number of carbonyl (C=O) groups is 1. The van der Waals surface area contributed by atoms with Crippen LogP contribution >= 0.6 is 35.5 Å². The Labute approximate surface area is 150 Å². The summed E-state index contributed by atoms with van der Waals surface area (Å²) >= 11 is 2.94. The van der Waals surface area contributed by atoms with Crippen LogP contribution in [-0.4, -0.2) is 62.9 Å². The van der Waals surface area contributed by atoms with Crippen LogP contribution in [-0.2, 0) is 10.0 Å². The summed E-state index contributed by atoms with van der Waals surface area (Å²) in [4.78, 5) is 12.7. The molecule has 3 heterocycles. The number of thiophene rings is 1. The summed E-state index contributed by atoms with van der Waals surface area (Å²) in [7, 11) is -3.57. The third-order valence-electron chi connectivity index (χ3n) is 3.84. The van der Waals surface area contributed by atoms with Crippen molar-refractivity contribution in [2.75, 3.05) is 44.2 Å². The zero-order valence-corrected chi connectivity index (χ0v) is 15.8. The molecule has 130 valence electrons. The summed E-state index contributed by atoms with van der Waals surface area (Å²) in [6.45, 7) is 3.42. The third-order valence-corrected chi connectivity index (χ3v) is 7.77. The summed E-state index contributed by atoms with van der Waals surface area (Å²) in [6, 6.07) is 1.54. The Balaban J connectivity index is 0.00000192. The Morgan fingerprint density at radius 1 is 1.35 bits per heavy atom. The van der Waals surface area contributed by atoms with Crippen LogP contribution in [0, 0.1) is 5.92 Å². The van der Waals surface area contributed by atoms with Gasteiger partial charge in [0.15, 0.2) is 0 Å². The van der Waals surface area contributed by atoms with E-state index < -0.39 is 10.0 Å². The molecule has 0 spiro atoms. The van der Waals surface area contributed by atoms with Gasteiger partial charge in [0.25, 0.3) is 5.91 Å². The monoisotopic (exact) mass is 397 g/mol. The van der Waals surface area contributed by atoms with Gasteiger partial charge in [-0.15, -0.1) is 23.7 Å². The van der Waals surface area contributed by atoms with E-state index in [2.05, 4.69) is 10.6 Å². The first-order valence-electron chi connectivity index (χ1n) is 7.23. The van der Waals surface area contributed by atoms with Gasteiger partial charge in [0.05, 0.1) is 0 Å². The maximum Gasteiger partial charge on any atom is 0.262 e. The molecule has 0 unspecified atom stereocenters. The molecule has 0 aliphatic carbocycles. The first kappa shape index (κ1) is 19.0. The van der Waals surface area contributed by atoms with Gasteiger partial charge in [-0.25, -0.2) is 8.42 Å². The molecule has 1 aromatic heterocycles. The molecule has 10 heteroatoms. The molecule has 3 rings (SSSR count). The molecular formula is C13H20ClN3O3S3. The van der Waals surface area contributed by atoms with Crippen molar-refractivity contribution in [3.05, 3.63) is 16.3 Å². The van der Waals surface area contributed by atoms with Crippen LogP contribution in [0.15, 0.2) is 16.3 Å². The van der Waals surface area contributed by atoms with Crippen molar-refractivity contribution in [3.63, 3.8) is 0 Å². The van der Waals surface area contributed by atoms with Crippen molar-refractivity contribution in [3.8, 4) is 0 Å². The molecule has 2 N–H and O–H groups in total. The number of hydrogen-bond acceptors (Lipinski definition) is 6. The number of nitrogens with one attached hydrogen (secondary N) is 2. The normalized spacial score (nSPS) is 19.7. The molecule has 2 saturated heterocycles. The second-order valence-corrected chi connectivity index (χ2v) is 9.41. The summed E-state index contributed by atoms with van der Waals surface area (Å²) in [6.07, 6.45) is 0. The molecule has 2 aliphatic heterocycles. The predicted octanol–water partition coefficient (Wildman–Crippen LogP) is 0.857. The van der Waals surface area contributed by atoms with Crippen LogP contribution in [0.1, 0.15) is 9.67 Å². The van der Waals surface area contributed by atoms with Gasteiger partial charge in [0.1, 0.15) is 9.77 Å². The first-order valence-corrected chi connectivity index (χ1v) is 10.7. The number of sulfonamides is 1. The Kier molecular flexibility index (Phi) is 6.76. The highest BCUT2D eigenvalue weighted by Crippen LogP contribution is 2.27. The highest BCUT2D eigenvalue weighted by atomic mass is 35.5. The van der Waals surface area contributed by atoms with Crippen LogP contribution in [0.5, 0.6) is 0 Å². The molecule has 0 atom stereocenters. The summed E-state index contributed by atoms with van der Waals surface area (Å²) in [5.74, 6) is 1.77. The predicted molar refractivity (Wildman–Crippen MR) is 96.3 cm³/mol. The Morgan fingerprint density at radius 2 is 2.04 bits per heavy atom. The minimum Gasteiger partial charge on any atom is -0.351 e. The van der Waals surface area contributed by atoms with E-state index in [1.807, 2.05) is 0 Å². The van der Waals surface area contributed by atoms with E-state index in [0.29, 0.717) is 30.4 Å². The molecule has 2 aliphatic rings. The van der Waals surface area contributed by atoms with Crippen molar-refractivity contribution in [1.82, 2.24) is 14.9 Å². The number of thioether (sulfide) groups is 1. The highest BCUT2D eigenvalue weighted by Gasteiger charge is 2.31. The number of carbonyl (C=O) groups excluding carboxylic acids is 1. The fraction of sp³-hybridized carbons (Fsp3) is 0.615. The Morgan fingerprint density at radius 3 is 2.65 bits per heavy atom. The maximum absolute atomic E-state index is 12.7. The molecule has 2 fully saturated rings. The fourth-order valence-electron chi connectivity index (χ4n) is 2.40. The molecule has 6 nitrogen and oxygen atoms in total. The minimum atomic E-state index is -3.57. The molecule has 23 heavy (non-hydrogen) atoms. The number of rotatable bonds is 5. The first-order chi connectivity index (χ1) is 10.6. The number of nitrogens with zero attached hydrogens (tertiary/aromatic N) is 1. The van der Waals surface area contributed by atoms with E-state index >= 15 is 0 Å². The largest absolute Gasteiger partial charge is 0.351 e. The second-order valence-electron chi connectivity index (χ2n) is 5.36. The van der Waals surface area contributed by atoms with Gasteiger partial charge in [0, 0.05) is 50.1 Å². The van der Waals surface area contributed by atoms with Crippen LogP contribution in [0.4, 0.5) is 0 Å². The summed E-state index contributed by atoms with van der Waals surface area (Å²) in [5, 5.41) is 7.66. The molecule has 0 saturated carbocycles. The molecule has 0 radical (unpaired) electrons. The molecular weight excluding hydrogens is 378 g/mol. The fourth-order valence-corrected chi connectivity index (χ4v) is 6.30. The lowest BCUT2D eigenvalue weighted by Gasteiger charge is -2.27.